The molecule has 1 aromatic carbocycles. The summed E-state index contributed by atoms with van der Waals surface area (Å²) >= 11 is 0. The standard InChI is InChI=1S/C15H26N2O3S/c1-6-20-11-14(12(2)3)16-13-9-7-8-10-15(13)21(18,19)17(4)5/h7-10,12,14,16H,6,11H2,1-5H3. The van der Waals surface area contributed by atoms with Crippen molar-refractivity contribution in [1.82, 2.24) is 4.31 Å². The van der Waals surface area contributed by atoms with Crippen LogP contribution >= 0.6 is 0 Å². The number of hydrogen-bond acceptors (Lipinski definition) is 4. The van der Waals surface area contributed by atoms with Crippen molar-refractivity contribution in [2.75, 3.05) is 32.6 Å². The lowest BCUT2D eigenvalue weighted by Crippen LogP contribution is -2.32. The van der Waals surface area contributed by atoms with Gasteiger partial charge in [-0.3, -0.25) is 0 Å². The zero-order chi connectivity index (χ0) is 16.0. The van der Waals surface area contributed by atoms with Crippen LogP contribution in [0.5, 0.6) is 0 Å². The second kappa shape index (κ2) is 7.77. The molecule has 0 aliphatic carbocycles. The summed E-state index contributed by atoms with van der Waals surface area (Å²) in [6.07, 6.45) is 0. The SMILES string of the molecule is CCOCC(Nc1ccccc1S(=O)(=O)N(C)C)C(C)C. The lowest BCUT2D eigenvalue weighted by Gasteiger charge is -2.25. The van der Waals surface area contributed by atoms with Gasteiger partial charge in [-0.2, -0.15) is 0 Å². The molecule has 21 heavy (non-hydrogen) atoms. The van der Waals surface area contributed by atoms with E-state index in [0.29, 0.717) is 24.8 Å². The number of ether oxygens (including phenoxy) is 1. The Labute approximate surface area is 128 Å². The van der Waals surface area contributed by atoms with Gasteiger partial charge in [0.05, 0.1) is 18.3 Å². The summed E-state index contributed by atoms with van der Waals surface area (Å²) in [5.74, 6) is 0.326. The van der Waals surface area contributed by atoms with E-state index in [4.69, 9.17) is 4.74 Å². The van der Waals surface area contributed by atoms with Gasteiger partial charge < -0.3 is 10.1 Å². The molecule has 6 heteroatoms. The van der Waals surface area contributed by atoms with Crippen LogP contribution in [0.1, 0.15) is 20.8 Å². The number of hydrogen-bond donors (Lipinski definition) is 1. The van der Waals surface area contributed by atoms with Crippen LogP contribution in [0.2, 0.25) is 0 Å². The smallest absolute Gasteiger partial charge is 0.244 e. The van der Waals surface area contributed by atoms with E-state index in [1.165, 1.54) is 18.4 Å². The number of nitrogens with zero attached hydrogens (tertiary/aromatic N) is 1. The minimum absolute atomic E-state index is 0.0588. The van der Waals surface area contributed by atoms with E-state index in [1.54, 1.807) is 18.2 Å². The predicted molar refractivity (Wildman–Crippen MR) is 86.1 cm³/mol. The topological polar surface area (TPSA) is 58.6 Å². The molecule has 120 valence electrons. The maximum atomic E-state index is 12.4. The van der Waals surface area contributed by atoms with Gasteiger partial charge in [0.25, 0.3) is 0 Å². The highest BCUT2D eigenvalue weighted by Gasteiger charge is 2.23. The van der Waals surface area contributed by atoms with E-state index in [0.717, 1.165) is 0 Å². The second-order valence-corrected chi connectivity index (χ2v) is 7.56. The van der Waals surface area contributed by atoms with Gasteiger partial charge in [0.15, 0.2) is 0 Å². The number of nitrogens with one attached hydrogen (secondary N) is 1. The van der Waals surface area contributed by atoms with E-state index in [1.807, 2.05) is 13.0 Å². The zero-order valence-electron chi connectivity index (χ0n) is 13.5. The Morgan fingerprint density at radius 2 is 1.86 bits per heavy atom. The number of benzene rings is 1. The molecule has 1 N–H and O–H groups in total. The van der Waals surface area contributed by atoms with Gasteiger partial charge in [0.2, 0.25) is 10.0 Å². The van der Waals surface area contributed by atoms with Crippen molar-refractivity contribution in [2.24, 2.45) is 5.92 Å². The molecule has 5 nitrogen and oxygen atoms in total. The average molecular weight is 314 g/mol. The van der Waals surface area contributed by atoms with Crippen molar-refractivity contribution >= 4 is 15.7 Å². The monoisotopic (exact) mass is 314 g/mol. The largest absolute Gasteiger partial charge is 0.380 e. The zero-order valence-corrected chi connectivity index (χ0v) is 14.3. The van der Waals surface area contributed by atoms with Crippen LogP contribution in [0.25, 0.3) is 0 Å². The fourth-order valence-electron chi connectivity index (χ4n) is 1.85. The van der Waals surface area contributed by atoms with E-state index in [9.17, 15) is 8.42 Å². The highest BCUT2D eigenvalue weighted by atomic mass is 32.2. The van der Waals surface area contributed by atoms with Gasteiger partial charge in [0, 0.05) is 20.7 Å². The summed E-state index contributed by atoms with van der Waals surface area (Å²) in [5.41, 5.74) is 0.615. The van der Waals surface area contributed by atoms with Crippen molar-refractivity contribution in [3.05, 3.63) is 24.3 Å². The number of para-hydroxylation sites is 1. The van der Waals surface area contributed by atoms with Crippen LogP contribution in [0, 0.1) is 5.92 Å². The van der Waals surface area contributed by atoms with Crippen LogP contribution in [0.15, 0.2) is 29.2 Å². The first kappa shape index (κ1) is 17.9. The minimum Gasteiger partial charge on any atom is -0.380 e. The van der Waals surface area contributed by atoms with E-state index >= 15 is 0 Å². The van der Waals surface area contributed by atoms with Gasteiger partial charge >= 0.3 is 0 Å². The Morgan fingerprint density at radius 3 is 2.38 bits per heavy atom. The summed E-state index contributed by atoms with van der Waals surface area (Å²) in [6.45, 7) is 7.30. The van der Waals surface area contributed by atoms with Crippen LogP contribution < -0.4 is 5.32 Å². The van der Waals surface area contributed by atoms with Crippen molar-refractivity contribution in [2.45, 2.75) is 31.7 Å². The molecule has 0 fully saturated rings. The second-order valence-electron chi connectivity index (χ2n) is 5.44. The molecular weight excluding hydrogens is 288 g/mol. The van der Waals surface area contributed by atoms with Crippen molar-refractivity contribution < 1.29 is 13.2 Å². The highest BCUT2D eigenvalue weighted by Crippen LogP contribution is 2.25. The Morgan fingerprint density at radius 1 is 1.24 bits per heavy atom. The van der Waals surface area contributed by atoms with Gasteiger partial charge in [-0.05, 0) is 25.0 Å². The lowest BCUT2D eigenvalue weighted by atomic mass is 10.1. The molecule has 0 radical (unpaired) electrons. The van der Waals surface area contributed by atoms with Crippen molar-refractivity contribution in [1.29, 1.82) is 0 Å². The van der Waals surface area contributed by atoms with Crippen molar-refractivity contribution in [3.63, 3.8) is 0 Å². The molecule has 0 bridgehead atoms. The molecule has 0 aromatic heterocycles. The fraction of sp³-hybridized carbons (Fsp3) is 0.600. The molecule has 1 rings (SSSR count). The molecule has 0 amide bonds. The van der Waals surface area contributed by atoms with E-state index in [2.05, 4.69) is 19.2 Å². The Balaban J connectivity index is 3.08. The van der Waals surface area contributed by atoms with E-state index < -0.39 is 10.0 Å². The number of sulfonamides is 1. The predicted octanol–water partition coefficient (Wildman–Crippen LogP) is 2.41. The molecule has 1 atom stereocenters. The molecule has 0 saturated carbocycles. The number of anilines is 1. The third kappa shape index (κ3) is 4.69. The minimum atomic E-state index is -3.47. The first-order valence-electron chi connectivity index (χ1n) is 7.16. The highest BCUT2D eigenvalue weighted by molar-refractivity contribution is 7.89. The van der Waals surface area contributed by atoms with E-state index in [-0.39, 0.29) is 10.9 Å². The van der Waals surface area contributed by atoms with Gasteiger partial charge in [-0.15, -0.1) is 0 Å². The van der Waals surface area contributed by atoms with Crippen LogP contribution in [-0.4, -0.2) is 46.1 Å². The fourth-order valence-corrected chi connectivity index (χ4v) is 2.90. The lowest BCUT2D eigenvalue weighted by molar-refractivity contribution is 0.126. The third-order valence-electron chi connectivity index (χ3n) is 3.29. The number of rotatable bonds is 8. The first-order valence-corrected chi connectivity index (χ1v) is 8.60. The third-order valence-corrected chi connectivity index (χ3v) is 5.17. The quantitative estimate of drug-likeness (QED) is 0.800. The van der Waals surface area contributed by atoms with Crippen LogP contribution in [0.4, 0.5) is 5.69 Å². The Kier molecular flexibility index (Phi) is 6.64. The summed E-state index contributed by atoms with van der Waals surface area (Å²) < 4.78 is 31.4. The van der Waals surface area contributed by atoms with Crippen LogP contribution in [-0.2, 0) is 14.8 Å². The summed E-state index contributed by atoms with van der Waals surface area (Å²) in [4.78, 5) is 0.289. The Bertz CT molecular complexity index is 542. The van der Waals surface area contributed by atoms with Gasteiger partial charge in [-0.1, -0.05) is 26.0 Å². The van der Waals surface area contributed by atoms with Gasteiger partial charge in [-0.25, -0.2) is 12.7 Å². The van der Waals surface area contributed by atoms with Crippen molar-refractivity contribution in [3.8, 4) is 0 Å². The summed E-state index contributed by atoms with van der Waals surface area (Å²) in [6, 6.07) is 7.03. The molecule has 0 heterocycles. The molecule has 0 spiro atoms. The molecule has 0 saturated heterocycles. The summed E-state index contributed by atoms with van der Waals surface area (Å²) in [7, 11) is -0.401. The van der Waals surface area contributed by atoms with Gasteiger partial charge in [0.1, 0.15) is 4.90 Å². The maximum Gasteiger partial charge on any atom is 0.244 e. The first-order chi connectivity index (χ1) is 9.80. The summed E-state index contributed by atoms with van der Waals surface area (Å²) in [5, 5.41) is 3.31. The normalized spacial score (nSPS) is 13.7. The van der Waals surface area contributed by atoms with Crippen LogP contribution in [0.3, 0.4) is 0 Å². The maximum absolute atomic E-state index is 12.4. The molecule has 1 aromatic rings. The average Bonchev–Trinajstić information content (AvgIpc) is 2.43. The molecule has 0 aliphatic rings. The molecule has 1 unspecified atom stereocenters. The molecule has 0 aliphatic heterocycles. The Hall–Kier alpha value is -1.11. The molecular formula is C15H26N2O3S.